The number of unbranched alkanes of at least 4 members (excludes halogenated alkanes) is 2. The van der Waals surface area contributed by atoms with Crippen LogP contribution in [0.4, 0.5) is 4.79 Å². The Bertz CT molecular complexity index is 1360. The van der Waals surface area contributed by atoms with Crippen molar-refractivity contribution in [2.75, 3.05) is 7.11 Å². The molecule has 44 heavy (non-hydrogen) atoms. The van der Waals surface area contributed by atoms with Crippen molar-refractivity contribution < 1.29 is 28.5 Å². The summed E-state index contributed by atoms with van der Waals surface area (Å²) in [5, 5.41) is 0.272. The summed E-state index contributed by atoms with van der Waals surface area (Å²) in [6.45, 7) is 2.57. The standard InChI is InChI=1S/C33H39N3O6SSe/c1-3-4-7-16-26(40-21-23-12-8-5-9-13-23)30-29-31(44-25-14-10-6-11-15-25)27(41-33(43)35-18-17-34-22-35)19-24(20-28(37)39-2)36(29)32(38)42-30/h5-6,8-15,17-18,22,24,26-27,29-31H,3-4,7,16,19-21H2,1-2H3/t24-,26+,27-,29+,30+,31?/m1/s1. The molecule has 2 saturated heterocycles. The maximum atomic E-state index is 13.7. The number of nitrogens with zero attached hydrogens (tertiary/aromatic N) is 3. The Hall–Kier alpha value is -3.24. The summed E-state index contributed by atoms with van der Waals surface area (Å²) in [6.07, 6.45) is 7.53. The van der Waals surface area contributed by atoms with Gasteiger partial charge in [-0.05, 0) is 0 Å². The fourth-order valence-corrected chi connectivity index (χ4v) is 9.05. The van der Waals surface area contributed by atoms with Gasteiger partial charge in [-0.2, -0.15) is 0 Å². The Morgan fingerprint density at radius 1 is 1.14 bits per heavy atom. The van der Waals surface area contributed by atoms with Crippen LogP contribution in [0, 0.1) is 0 Å². The first kappa shape index (κ1) is 32.2. The number of benzene rings is 2. The van der Waals surface area contributed by atoms with Crippen LogP contribution in [0.2, 0.25) is 4.82 Å². The molecular formula is C33H39N3O6SSe. The van der Waals surface area contributed by atoms with Crippen LogP contribution >= 0.6 is 12.2 Å². The van der Waals surface area contributed by atoms with Gasteiger partial charge < -0.3 is 0 Å². The molecule has 1 aromatic heterocycles. The van der Waals surface area contributed by atoms with E-state index in [1.807, 2.05) is 48.5 Å². The third-order valence-electron chi connectivity index (χ3n) is 8.08. The fourth-order valence-electron chi connectivity index (χ4n) is 5.94. The van der Waals surface area contributed by atoms with Crippen molar-refractivity contribution in [2.24, 2.45) is 0 Å². The monoisotopic (exact) mass is 685 g/mol. The van der Waals surface area contributed by atoms with Crippen LogP contribution in [0.15, 0.2) is 79.4 Å². The zero-order chi connectivity index (χ0) is 30.9. The molecule has 6 atom stereocenters. The third-order valence-corrected chi connectivity index (χ3v) is 11.3. The molecule has 9 nitrogen and oxygen atoms in total. The molecule has 0 aliphatic carbocycles. The number of carbonyl (C=O) groups is 2. The number of amides is 1. The Labute approximate surface area is 270 Å². The summed E-state index contributed by atoms with van der Waals surface area (Å²) in [5.41, 5.74) is 1.05. The SMILES string of the molecule is CCCCC[C@H](OCc1ccccc1)[C@@H]1OC(=O)N2[C@@H](CC(=O)OC)C[C@@H](OC(=S)n3ccnc3)C([Se]c3ccccc3)[C@H]12. The van der Waals surface area contributed by atoms with Gasteiger partial charge in [0.25, 0.3) is 0 Å². The van der Waals surface area contributed by atoms with Crippen molar-refractivity contribution in [3.63, 3.8) is 0 Å². The van der Waals surface area contributed by atoms with E-state index in [-0.39, 0.29) is 49.6 Å². The van der Waals surface area contributed by atoms with Crippen LogP contribution in [-0.2, 0) is 30.3 Å². The molecule has 2 fully saturated rings. The van der Waals surface area contributed by atoms with Gasteiger partial charge in [-0.15, -0.1) is 0 Å². The molecule has 0 N–H and O–H groups in total. The number of rotatable bonds is 13. The molecular weight excluding hydrogens is 645 g/mol. The Morgan fingerprint density at radius 3 is 2.57 bits per heavy atom. The second-order valence-corrected chi connectivity index (χ2v) is 14.0. The van der Waals surface area contributed by atoms with Gasteiger partial charge in [0, 0.05) is 0 Å². The van der Waals surface area contributed by atoms with E-state index in [2.05, 4.69) is 24.0 Å². The van der Waals surface area contributed by atoms with Gasteiger partial charge in [0.05, 0.1) is 0 Å². The molecule has 5 rings (SSSR count). The van der Waals surface area contributed by atoms with E-state index in [4.69, 9.17) is 31.2 Å². The molecule has 0 radical (unpaired) electrons. The maximum absolute atomic E-state index is 13.7. The molecule has 2 aliphatic heterocycles. The van der Waals surface area contributed by atoms with Gasteiger partial charge in [-0.3, -0.25) is 0 Å². The van der Waals surface area contributed by atoms with Crippen molar-refractivity contribution in [3.8, 4) is 0 Å². The molecule has 0 spiro atoms. The molecule has 3 heterocycles. The summed E-state index contributed by atoms with van der Waals surface area (Å²) >= 11 is 5.56. The second-order valence-electron chi connectivity index (χ2n) is 11.0. The zero-order valence-electron chi connectivity index (χ0n) is 25.0. The van der Waals surface area contributed by atoms with E-state index in [1.54, 1.807) is 28.2 Å². The molecule has 1 unspecified atom stereocenters. The number of esters is 1. The van der Waals surface area contributed by atoms with E-state index in [1.165, 1.54) is 11.6 Å². The Balaban J connectivity index is 1.51. The molecule has 0 saturated carbocycles. The molecule has 3 aromatic rings. The number of methoxy groups -OCH3 is 1. The number of ether oxygens (including phenoxy) is 4. The van der Waals surface area contributed by atoms with Gasteiger partial charge in [-0.1, -0.05) is 0 Å². The normalized spacial score (nSPS) is 23.5. The number of cyclic esters (lactones) is 1. The van der Waals surface area contributed by atoms with Crippen molar-refractivity contribution in [1.82, 2.24) is 14.5 Å². The van der Waals surface area contributed by atoms with Gasteiger partial charge in [0.15, 0.2) is 0 Å². The van der Waals surface area contributed by atoms with E-state index in [0.29, 0.717) is 13.0 Å². The van der Waals surface area contributed by atoms with Gasteiger partial charge in [0.2, 0.25) is 0 Å². The first-order valence-electron chi connectivity index (χ1n) is 15.1. The van der Waals surface area contributed by atoms with Crippen LogP contribution in [0.3, 0.4) is 0 Å². The number of hydrogen-bond donors (Lipinski definition) is 0. The first-order chi connectivity index (χ1) is 21.5. The Kier molecular flexibility index (Phi) is 11.4. The van der Waals surface area contributed by atoms with Crippen molar-refractivity contribution >= 4 is 48.9 Å². The van der Waals surface area contributed by atoms with Crippen molar-refractivity contribution in [3.05, 3.63) is 84.9 Å². The van der Waals surface area contributed by atoms with Gasteiger partial charge >= 0.3 is 271 Å². The average Bonchev–Trinajstić information content (AvgIpc) is 3.70. The van der Waals surface area contributed by atoms with Gasteiger partial charge in [0.1, 0.15) is 0 Å². The van der Waals surface area contributed by atoms with Crippen LogP contribution in [0.5, 0.6) is 0 Å². The summed E-state index contributed by atoms with van der Waals surface area (Å²) in [4.78, 5) is 32.1. The first-order valence-corrected chi connectivity index (χ1v) is 17.4. The van der Waals surface area contributed by atoms with Crippen LogP contribution in [0.1, 0.15) is 51.0 Å². The molecule has 1 amide bonds. The van der Waals surface area contributed by atoms with Crippen LogP contribution in [0.25, 0.3) is 0 Å². The minimum absolute atomic E-state index is 0.0307. The van der Waals surface area contributed by atoms with E-state index < -0.39 is 24.2 Å². The second kappa shape index (κ2) is 15.7. The number of imidazole rings is 1. The van der Waals surface area contributed by atoms with Crippen molar-refractivity contribution in [2.45, 2.75) is 87.3 Å². The average molecular weight is 685 g/mol. The predicted molar refractivity (Wildman–Crippen MR) is 171 cm³/mol. The number of hydrogen-bond acceptors (Lipinski definition) is 8. The summed E-state index contributed by atoms with van der Waals surface area (Å²) in [5.74, 6) is -0.396. The molecule has 11 heteroatoms. The quantitative estimate of drug-likeness (QED) is 0.109. The number of piperidine rings is 1. The van der Waals surface area contributed by atoms with Gasteiger partial charge in [-0.25, -0.2) is 0 Å². The summed E-state index contributed by atoms with van der Waals surface area (Å²) in [7, 11) is 1.36. The van der Waals surface area contributed by atoms with E-state index >= 15 is 0 Å². The van der Waals surface area contributed by atoms with E-state index in [0.717, 1.165) is 31.2 Å². The topological polar surface area (TPSA) is 92.1 Å². The molecule has 0 bridgehead atoms. The van der Waals surface area contributed by atoms with Crippen molar-refractivity contribution in [1.29, 1.82) is 0 Å². The summed E-state index contributed by atoms with van der Waals surface area (Å²) < 4.78 is 27.3. The van der Waals surface area contributed by atoms with Crippen LogP contribution < -0.4 is 4.46 Å². The van der Waals surface area contributed by atoms with E-state index in [9.17, 15) is 9.59 Å². The fraction of sp³-hybridized carbons (Fsp3) is 0.455. The Morgan fingerprint density at radius 2 is 1.89 bits per heavy atom. The molecule has 234 valence electrons. The summed E-state index contributed by atoms with van der Waals surface area (Å²) in [6, 6.07) is 19.4. The molecule has 2 aromatic carbocycles. The number of carbonyl (C=O) groups excluding carboxylic acids is 2. The molecule has 2 aliphatic rings. The zero-order valence-corrected chi connectivity index (χ0v) is 27.6. The minimum atomic E-state index is -0.549. The van der Waals surface area contributed by atoms with Crippen LogP contribution in [-0.4, -0.2) is 84.2 Å². The predicted octanol–water partition coefficient (Wildman–Crippen LogP) is 4.91. The number of thiocarbonyl (C=S) groups is 1. The number of aromatic nitrogens is 2. The number of fused-ring (bicyclic) bond motifs is 1. The third kappa shape index (κ3) is 7.88.